The quantitative estimate of drug-likeness (QED) is 0.780. The summed E-state index contributed by atoms with van der Waals surface area (Å²) in [6.07, 6.45) is 1.52. The van der Waals surface area contributed by atoms with Gasteiger partial charge in [-0.05, 0) is 31.9 Å². The molecule has 1 aromatic rings. The van der Waals surface area contributed by atoms with Crippen molar-refractivity contribution in [2.24, 2.45) is 0 Å². The van der Waals surface area contributed by atoms with Crippen LogP contribution in [-0.2, 0) is 9.47 Å². The molecular weight excluding hydrogens is 271 g/mol. The van der Waals surface area contributed by atoms with Crippen LogP contribution in [-0.4, -0.2) is 11.9 Å². The highest BCUT2D eigenvalue weighted by molar-refractivity contribution is 6.35. The van der Waals surface area contributed by atoms with Gasteiger partial charge in [0, 0.05) is 15.6 Å². The molecule has 1 heterocycles. The van der Waals surface area contributed by atoms with Crippen LogP contribution < -0.4 is 0 Å². The lowest BCUT2D eigenvalue weighted by molar-refractivity contribution is -0.178. The summed E-state index contributed by atoms with van der Waals surface area (Å²) < 4.78 is 12.1. The zero-order valence-corrected chi connectivity index (χ0v) is 12.4. The van der Waals surface area contributed by atoms with Gasteiger partial charge in [-0.2, -0.15) is 0 Å². The zero-order valence-electron chi connectivity index (χ0n) is 10.9. The molecule has 0 radical (unpaired) electrons. The van der Waals surface area contributed by atoms with Crippen molar-refractivity contribution in [2.45, 2.75) is 51.6 Å². The minimum absolute atomic E-state index is 0.0106. The Labute approximate surface area is 118 Å². The van der Waals surface area contributed by atoms with Crippen LogP contribution in [0.15, 0.2) is 18.2 Å². The predicted molar refractivity (Wildman–Crippen MR) is 74.1 cm³/mol. The van der Waals surface area contributed by atoms with Crippen LogP contribution in [0.25, 0.3) is 0 Å². The Hall–Kier alpha value is -0.280. The first-order valence-corrected chi connectivity index (χ1v) is 7.07. The third-order valence-corrected chi connectivity index (χ3v) is 4.08. The molecule has 0 amide bonds. The van der Waals surface area contributed by atoms with E-state index in [0.717, 1.165) is 18.4 Å². The van der Waals surface area contributed by atoms with E-state index in [1.54, 1.807) is 6.07 Å². The first-order chi connectivity index (χ1) is 8.51. The van der Waals surface area contributed by atoms with Crippen molar-refractivity contribution in [3.63, 3.8) is 0 Å². The largest absolute Gasteiger partial charge is 0.344 e. The lowest BCUT2D eigenvalue weighted by Crippen LogP contribution is -2.28. The molecular formula is C14H18Cl2O2. The van der Waals surface area contributed by atoms with Crippen molar-refractivity contribution in [2.75, 3.05) is 0 Å². The van der Waals surface area contributed by atoms with Crippen molar-refractivity contribution in [3.05, 3.63) is 33.8 Å². The van der Waals surface area contributed by atoms with Gasteiger partial charge in [-0.15, -0.1) is 0 Å². The van der Waals surface area contributed by atoms with Crippen LogP contribution in [0, 0.1) is 0 Å². The second-order valence-electron chi connectivity index (χ2n) is 4.65. The number of benzene rings is 1. The predicted octanol–water partition coefficient (Wildman–Crippen LogP) is 4.99. The van der Waals surface area contributed by atoms with Gasteiger partial charge in [-0.1, -0.05) is 43.1 Å². The molecule has 2 nitrogen and oxygen atoms in total. The Kier molecular flexibility index (Phi) is 4.22. The molecule has 0 aromatic heterocycles. The fourth-order valence-corrected chi connectivity index (χ4v) is 2.90. The summed E-state index contributed by atoms with van der Waals surface area (Å²) in [6.45, 7) is 6.16. The molecule has 100 valence electrons. The average molecular weight is 289 g/mol. The maximum atomic E-state index is 6.23. The molecule has 0 spiro atoms. The van der Waals surface area contributed by atoms with E-state index in [-0.39, 0.29) is 12.2 Å². The Bertz CT molecular complexity index is 430. The molecule has 0 unspecified atom stereocenters. The van der Waals surface area contributed by atoms with Crippen molar-refractivity contribution in [1.29, 1.82) is 0 Å². The number of ether oxygens (including phenoxy) is 2. The second kappa shape index (κ2) is 5.38. The Morgan fingerprint density at radius 2 is 1.83 bits per heavy atom. The average Bonchev–Trinajstić information content (AvgIpc) is 2.67. The van der Waals surface area contributed by atoms with Gasteiger partial charge in [0.25, 0.3) is 0 Å². The minimum atomic E-state index is -0.479. The highest BCUT2D eigenvalue weighted by Gasteiger charge is 2.44. The SMILES string of the molecule is CCC1(CC)O[C@H](c2ccc(Cl)cc2Cl)[C@@H](C)O1. The summed E-state index contributed by atoms with van der Waals surface area (Å²) in [5.41, 5.74) is 0.942. The van der Waals surface area contributed by atoms with E-state index < -0.39 is 5.79 Å². The van der Waals surface area contributed by atoms with Crippen LogP contribution in [0.4, 0.5) is 0 Å². The topological polar surface area (TPSA) is 18.5 Å². The van der Waals surface area contributed by atoms with E-state index in [0.29, 0.717) is 10.0 Å². The molecule has 18 heavy (non-hydrogen) atoms. The molecule has 1 aromatic carbocycles. The number of halogens is 2. The molecule has 1 saturated heterocycles. The molecule has 0 N–H and O–H groups in total. The highest BCUT2D eigenvalue weighted by atomic mass is 35.5. The zero-order chi connectivity index (χ0) is 13.3. The third-order valence-electron chi connectivity index (χ3n) is 3.52. The van der Waals surface area contributed by atoms with Crippen LogP contribution >= 0.6 is 23.2 Å². The van der Waals surface area contributed by atoms with Crippen LogP contribution in [0.5, 0.6) is 0 Å². The summed E-state index contributed by atoms with van der Waals surface area (Å²) in [7, 11) is 0. The molecule has 2 rings (SSSR count). The second-order valence-corrected chi connectivity index (χ2v) is 5.49. The monoisotopic (exact) mass is 288 g/mol. The lowest BCUT2D eigenvalue weighted by atomic mass is 10.1. The van der Waals surface area contributed by atoms with Crippen LogP contribution in [0.3, 0.4) is 0 Å². The van der Waals surface area contributed by atoms with Crippen LogP contribution in [0.1, 0.15) is 45.3 Å². The van der Waals surface area contributed by atoms with Crippen molar-refractivity contribution in [3.8, 4) is 0 Å². The number of hydrogen-bond acceptors (Lipinski definition) is 2. The van der Waals surface area contributed by atoms with E-state index in [4.69, 9.17) is 32.7 Å². The lowest BCUT2D eigenvalue weighted by Gasteiger charge is -2.25. The van der Waals surface area contributed by atoms with E-state index in [2.05, 4.69) is 13.8 Å². The van der Waals surface area contributed by atoms with Gasteiger partial charge in [0.05, 0.1) is 6.10 Å². The first kappa shape index (κ1) is 14.1. The van der Waals surface area contributed by atoms with Gasteiger partial charge >= 0.3 is 0 Å². The Balaban J connectivity index is 2.29. The Morgan fingerprint density at radius 3 is 2.33 bits per heavy atom. The summed E-state index contributed by atoms with van der Waals surface area (Å²) in [4.78, 5) is 0. The smallest absolute Gasteiger partial charge is 0.169 e. The molecule has 0 aliphatic carbocycles. The van der Waals surface area contributed by atoms with Gasteiger partial charge in [-0.3, -0.25) is 0 Å². The van der Waals surface area contributed by atoms with E-state index in [9.17, 15) is 0 Å². The minimum Gasteiger partial charge on any atom is -0.344 e. The molecule has 2 atom stereocenters. The normalized spacial score (nSPS) is 26.5. The van der Waals surface area contributed by atoms with E-state index in [1.165, 1.54) is 0 Å². The Morgan fingerprint density at radius 1 is 1.17 bits per heavy atom. The standard InChI is InChI=1S/C14H18Cl2O2/c1-4-14(5-2)17-9(3)13(18-14)11-7-6-10(15)8-12(11)16/h6-9,13H,4-5H2,1-3H3/t9-,13+/m1/s1. The molecule has 1 aliphatic rings. The summed E-state index contributed by atoms with van der Waals surface area (Å²) in [6, 6.07) is 5.49. The molecule has 0 saturated carbocycles. The van der Waals surface area contributed by atoms with Gasteiger partial charge in [0.2, 0.25) is 0 Å². The summed E-state index contributed by atoms with van der Waals surface area (Å²) in [5, 5.41) is 1.26. The molecule has 0 bridgehead atoms. The molecule has 1 fully saturated rings. The van der Waals surface area contributed by atoms with Crippen molar-refractivity contribution < 1.29 is 9.47 Å². The van der Waals surface area contributed by atoms with E-state index in [1.807, 2.05) is 19.1 Å². The summed E-state index contributed by atoms with van der Waals surface area (Å²) in [5.74, 6) is -0.479. The molecule has 4 heteroatoms. The fourth-order valence-electron chi connectivity index (χ4n) is 2.39. The molecule has 1 aliphatic heterocycles. The van der Waals surface area contributed by atoms with Crippen LogP contribution in [0.2, 0.25) is 10.0 Å². The van der Waals surface area contributed by atoms with Gasteiger partial charge < -0.3 is 9.47 Å². The highest BCUT2D eigenvalue weighted by Crippen LogP contribution is 2.44. The van der Waals surface area contributed by atoms with Crippen molar-refractivity contribution in [1.82, 2.24) is 0 Å². The summed E-state index contributed by atoms with van der Waals surface area (Å²) >= 11 is 12.1. The first-order valence-electron chi connectivity index (χ1n) is 6.32. The fraction of sp³-hybridized carbons (Fsp3) is 0.571. The maximum absolute atomic E-state index is 6.23. The van der Waals surface area contributed by atoms with Gasteiger partial charge in [0.15, 0.2) is 5.79 Å². The van der Waals surface area contributed by atoms with Gasteiger partial charge in [0.1, 0.15) is 6.10 Å². The third kappa shape index (κ3) is 2.53. The van der Waals surface area contributed by atoms with E-state index >= 15 is 0 Å². The maximum Gasteiger partial charge on any atom is 0.169 e. The van der Waals surface area contributed by atoms with Crippen molar-refractivity contribution >= 4 is 23.2 Å². The van der Waals surface area contributed by atoms with Gasteiger partial charge in [-0.25, -0.2) is 0 Å². The number of hydrogen-bond donors (Lipinski definition) is 0. The number of rotatable bonds is 3.